The predicted octanol–water partition coefficient (Wildman–Crippen LogP) is 2.94. The molecule has 0 saturated heterocycles. The van der Waals surface area contributed by atoms with E-state index in [1.54, 1.807) is 0 Å². The number of aryl methyl sites for hydroxylation is 3. The van der Waals surface area contributed by atoms with Crippen LogP contribution < -0.4 is 11.5 Å². The Morgan fingerprint density at radius 1 is 0.824 bits per heavy atom. The molecule has 0 aromatic heterocycles. The molecule has 88 valence electrons. The average Bonchev–Trinajstić information content (AvgIpc) is 2.33. The Balaban J connectivity index is 2.02. The Kier molecular flexibility index (Phi) is 3.33. The van der Waals surface area contributed by atoms with Crippen LogP contribution in [0.5, 0.6) is 0 Å². The number of benzene rings is 2. The molecule has 0 unspecified atom stereocenters. The van der Waals surface area contributed by atoms with Gasteiger partial charge in [-0.05, 0) is 54.7 Å². The minimum atomic E-state index is 0.817. The van der Waals surface area contributed by atoms with Crippen LogP contribution in [0.3, 0.4) is 0 Å². The van der Waals surface area contributed by atoms with Gasteiger partial charge in [0.25, 0.3) is 0 Å². The van der Waals surface area contributed by atoms with Gasteiger partial charge in [0.1, 0.15) is 0 Å². The first-order valence-electron chi connectivity index (χ1n) is 5.84. The molecule has 2 rings (SSSR count). The maximum Gasteiger partial charge on any atom is 0.0343 e. The zero-order chi connectivity index (χ0) is 12.3. The monoisotopic (exact) mass is 226 g/mol. The van der Waals surface area contributed by atoms with Crippen LogP contribution in [0, 0.1) is 6.92 Å². The van der Waals surface area contributed by atoms with Crippen LogP contribution in [-0.4, -0.2) is 0 Å². The van der Waals surface area contributed by atoms with Gasteiger partial charge in [0, 0.05) is 11.4 Å². The molecule has 0 bridgehead atoms. The number of nitrogens with two attached hydrogens (primary N) is 2. The largest absolute Gasteiger partial charge is 0.399 e. The summed E-state index contributed by atoms with van der Waals surface area (Å²) < 4.78 is 0. The quantitative estimate of drug-likeness (QED) is 0.791. The lowest BCUT2D eigenvalue weighted by molar-refractivity contribution is 0.959. The normalized spacial score (nSPS) is 10.4. The summed E-state index contributed by atoms with van der Waals surface area (Å²) in [6, 6.07) is 14.3. The summed E-state index contributed by atoms with van der Waals surface area (Å²) >= 11 is 0. The van der Waals surface area contributed by atoms with Crippen LogP contribution in [0.1, 0.15) is 16.7 Å². The molecular formula is C15H18N2. The fraction of sp³-hybridized carbons (Fsp3) is 0.200. The summed E-state index contributed by atoms with van der Waals surface area (Å²) in [6.07, 6.45) is 2.06. The topological polar surface area (TPSA) is 52.0 Å². The molecule has 0 radical (unpaired) electrons. The highest BCUT2D eigenvalue weighted by Gasteiger charge is 1.98. The molecular weight excluding hydrogens is 208 g/mol. The number of rotatable bonds is 3. The first kappa shape index (κ1) is 11.5. The molecule has 0 saturated carbocycles. The van der Waals surface area contributed by atoms with Gasteiger partial charge < -0.3 is 11.5 Å². The molecule has 0 heterocycles. The fourth-order valence-electron chi connectivity index (χ4n) is 1.87. The molecule has 0 aliphatic carbocycles. The first-order chi connectivity index (χ1) is 8.15. The number of anilines is 2. The van der Waals surface area contributed by atoms with Gasteiger partial charge in [0.05, 0.1) is 0 Å². The highest BCUT2D eigenvalue weighted by molar-refractivity contribution is 5.47. The minimum Gasteiger partial charge on any atom is -0.399 e. The first-order valence-corrected chi connectivity index (χ1v) is 5.84. The maximum absolute atomic E-state index is 5.80. The Morgan fingerprint density at radius 3 is 2.06 bits per heavy atom. The summed E-state index contributed by atoms with van der Waals surface area (Å²) in [5.41, 5.74) is 16.9. The number of hydrogen-bond donors (Lipinski definition) is 2. The Labute approximate surface area is 102 Å². The lowest BCUT2D eigenvalue weighted by atomic mass is 10.0. The Morgan fingerprint density at radius 2 is 1.41 bits per heavy atom. The fourth-order valence-corrected chi connectivity index (χ4v) is 1.87. The summed E-state index contributed by atoms with van der Waals surface area (Å²) in [4.78, 5) is 0. The lowest BCUT2D eigenvalue weighted by Crippen LogP contribution is -1.95. The molecule has 2 nitrogen and oxygen atoms in total. The van der Waals surface area contributed by atoms with E-state index in [4.69, 9.17) is 11.5 Å². The molecule has 0 fully saturated rings. The van der Waals surface area contributed by atoms with E-state index in [1.165, 1.54) is 11.1 Å². The van der Waals surface area contributed by atoms with E-state index in [1.807, 2.05) is 25.1 Å². The molecule has 2 aromatic carbocycles. The van der Waals surface area contributed by atoms with Crippen molar-refractivity contribution in [1.29, 1.82) is 0 Å². The van der Waals surface area contributed by atoms with Crippen LogP contribution in [0.4, 0.5) is 11.4 Å². The zero-order valence-corrected chi connectivity index (χ0v) is 10.1. The second-order valence-corrected chi connectivity index (χ2v) is 4.43. The average molecular weight is 226 g/mol. The third kappa shape index (κ3) is 3.00. The van der Waals surface area contributed by atoms with Crippen LogP contribution in [-0.2, 0) is 12.8 Å². The molecule has 0 atom stereocenters. The van der Waals surface area contributed by atoms with E-state index in [9.17, 15) is 0 Å². The van der Waals surface area contributed by atoms with E-state index in [0.29, 0.717) is 0 Å². The van der Waals surface area contributed by atoms with E-state index >= 15 is 0 Å². The van der Waals surface area contributed by atoms with Crippen molar-refractivity contribution in [3.8, 4) is 0 Å². The highest BCUT2D eigenvalue weighted by Crippen LogP contribution is 2.15. The van der Waals surface area contributed by atoms with Crippen molar-refractivity contribution >= 4 is 11.4 Å². The molecule has 0 amide bonds. The van der Waals surface area contributed by atoms with Gasteiger partial charge in [-0.2, -0.15) is 0 Å². The van der Waals surface area contributed by atoms with Gasteiger partial charge in [-0.3, -0.25) is 0 Å². The molecule has 2 aromatic rings. The summed E-state index contributed by atoms with van der Waals surface area (Å²) in [7, 11) is 0. The molecule has 0 aliphatic rings. The number of nitrogen functional groups attached to an aromatic ring is 2. The predicted molar refractivity (Wildman–Crippen MR) is 73.9 cm³/mol. The van der Waals surface area contributed by atoms with Crippen molar-refractivity contribution in [3.05, 3.63) is 59.2 Å². The van der Waals surface area contributed by atoms with E-state index in [-0.39, 0.29) is 0 Å². The second kappa shape index (κ2) is 4.91. The van der Waals surface area contributed by atoms with Gasteiger partial charge in [-0.1, -0.05) is 24.3 Å². The van der Waals surface area contributed by atoms with Crippen molar-refractivity contribution in [2.75, 3.05) is 11.5 Å². The van der Waals surface area contributed by atoms with E-state index < -0.39 is 0 Å². The van der Waals surface area contributed by atoms with Crippen LogP contribution in [0.25, 0.3) is 0 Å². The second-order valence-electron chi connectivity index (χ2n) is 4.43. The summed E-state index contributed by atoms with van der Waals surface area (Å²) in [6.45, 7) is 2.04. The van der Waals surface area contributed by atoms with Crippen LogP contribution in [0.2, 0.25) is 0 Å². The molecule has 4 N–H and O–H groups in total. The van der Waals surface area contributed by atoms with Gasteiger partial charge in [0.15, 0.2) is 0 Å². The molecule has 0 aliphatic heterocycles. The van der Waals surface area contributed by atoms with Crippen molar-refractivity contribution in [2.45, 2.75) is 19.8 Å². The zero-order valence-electron chi connectivity index (χ0n) is 10.1. The molecule has 0 spiro atoms. The third-order valence-electron chi connectivity index (χ3n) is 3.02. The summed E-state index contributed by atoms with van der Waals surface area (Å²) in [5, 5.41) is 0. The van der Waals surface area contributed by atoms with Crippen molar-refractivity contribution < 1.29 is 0 Å². The maximum atomic E-state index is 5.80. The van der Waals surface area contributed by atoms with Crippen LogP contribution in [0.15, 0.2) is 42.5 Å². The van der Waals surface area contributed by atoms with Crippen molar-refractivity contribution in [1.82, 2.24) is 0 Å². The summed E-state index contributed by atoms with van der Waals surface area (Å²) in [5.74, 6) is 0. The standard InChI is InChI=1S/C15H18N2/c1-11-10-13(6-9-15(11)17)3-2-12-4-7-14(16)8-5-12/h4-10H,2-3,16-17H2,1H3. The van der Waals surface area contributed by atoms with Crippen molar-refractivity contribution in [2.24, 2.45) is 0 Å². The van der Waals surface area contributed by atoms with Gasteiger partial charge in [0.2, 0.25) is 0 Å². The van der Waals surface area contributed by atoms with E-state index in [2.05, 4.69) is 24.3 Å². The van der Waals surface area contributed by atoms with E-state index in [0.717, 1.165) is 29.8 Å². The van der Waals surface area contributed by atoms with Gasteiger partial charge in [-0.25, -0.2) is 0 Å². The van der Waals surface area contributed by atoms with Crippen molar-refractivity contribution in [3.63, 3.8) is 0 Å². The molecule has 17 heavy (non-hydrogen) atoms. The van der Waals surface area contributed by atoms with Gasteiger partial charge in [-0.15, -0.1) is 0 Å². The van der Waals surface area contributed by atoms with Crippen LogP contribution >= 0.6 is 0 Å². The Bertz CT molecular complexity index is 501. The minimum absolute atomic E-state index is 0.817. The van der Waals surface area contributed by atoms with Gasteiger partial charge >= 0.3 is 0 Å². The lowest BCUT2D eigenvalue weighted by Gasteiger charge is -2.05. The Hall–Kier alpha value is -1.96. The third-order valence-corrected chi connectivity index (χ3v) is 3.02. The number of hydrogen-bond acceptors (Lipinski definition) is 2. The SMILES string of the molecule is Cc1cc(CCc2ccc(N)cc2)ccc1N. The highest BCUT2D eigenvalue weighted by atomic mass is 14.5. The smallest absolute Gasteiger partial charge is 0.0343 e. The molecule has 2 heteroatoms.